The third-order valence-corrected chi connectivity index (χ3v) is 20.1. The maximum atomic E-state index is 15.1. The molecular weight excluding hydrogens is 821 g/mol. The minimum absolute atomic E-state index is 0.0212. The predicted octanol–water partition coefficient (Wildman–Crippen LogP) is 8.85. The molecule has 0 spiro atoms. The summed E-state index contributed by atoms with van der Waals surface area (Å²) in [4.78, 5) is 41.8. The molecule has 3 N–H and O–H groups in total. The van der Waals surface area contributed by atoms with Crippen LogP contribution in [-0.2, 0) is 28.6 Å². The first-order valence-corrected chi connectivity index (χ1v) is 24.3. The number of benzene rings is 1. The van der Waals surface area contributed by atoms with Gasteiger partial charge in [-0.2, -0.15) is 0 Å². The molecule has 4 saturated carbocycles. The lowest BCUT2D eigenvalue weighted by Crippen LogP contribution is -2.67. The van der Waals surface area contributed by atoms with Crippen LogP contribution in [0.2, 0.25) is 0 Å². The highest BCUT2D eigenvalue weighted by Crippen LogP contribution is 2.75. The SMILES string of the molecule is CC(=O)OC[C@H]1O[C@@H](O[C@H]2CC[C@@]3(C)C(CC[C@]4(C)C3C(=O)C=C3C5CC(C)(C(=O)Oc6ccc(-c7cc(=S)ss7)cc6)CC[C@]5(C)CCC34C)C2(C)C)[C@H](O)[C@@H](O)[C@@H]1O. The van der Waals surface area contributed by atoms with Gasteiger partial charge in [-0.1, -0.05) is 80.0 Å². The minimum atomic E-state index is -1.54. The van der Waals surface area contributed by atoms with Gasteiger partial charge < -0.3 is 34.3 Å². The summed E-state index contributed by atoms with van der Waals surface area (Å²) in [6.45, 7) is 16.8. The minimum Gasteiger partial charge on any atom is -0.463 e. The van der Waals surface area contributed by atoms with E-state index in [1.165, 1.54) is 12.5 Å². The van der Waals surface area contributed by atoms with E-state index in [1.807, 2.05) is 36.4 Å². The van der Waals surface area contributed by atoms with Crippen LogP contribution in [0, 0.1) is 54.1 Å². The molecule has 328 valence electrons. The molecule has 13 heteroatoms. The third kappa shape index (κ3) is 7.04. The molecule has 6 aliphatic rings. The Hall–Kier alpha value is -2.36. The van der Waals surface area contributed by atoms with E-state index in [1.54, 1.807) is 20.7 Å². The molecule has 14 atom stereocenters. The van der Waals surface area contributed by atoms with Crippen LogP contribution in [0.1, 0.15) is 113 Å². The van der Waals surface area contributed by atoms with E-state index in [0.29, 0.717) is 18.6 Å². The van der Waals surface area contributed by atoms with Crippen LogP contribution in [0.3, 0.4) is 0 Å². The van der Waals surface area contributed by atoms with E-state index < -0.39 is 47.5 Å². The number of esters is 2. The van der Waals surface area contributed by atoms with Gasteiger partial charge in [-0.25, -0.2) is 0 Å². The molecule has 5 unspecified atom stereocenters. The highest BCUT2D eigenvalue weighted by Gasteiger charge is 2.70. The second-order valence-corrected chi connectivity index (χ2v) is 23.9. The molecule has 8 rings (SSSR count). The van der Waals surface area contributed by atoms with E-state index in [9.17, 15) is 24.9 Å². The second-order valence-electron chi connectivity index (χ2n) is 21.0. The van der Waals surface area contributed by atoms with Gasteiger partial charge in [0, 0.05) is 17.7 Å². The standard InChI is InChI=1S/C47H62O10S3/c1-25(48)54-24-31-36(50)37(51)38(52)40(56-31)57-34-14-15-45(6)33(42(34,2)3)13-16-47(8)39(45)30(49)21-28-29-23-44(5,18-17-43(29,4)19-20-46(28,47)7)41(53)55-27-11-9-26(10-12-27)32-22-35(58)60-59-32/h9-12,21-22,29,31,33-34,36-40,50-52H,13-20,23-24H2,1-8H3/t29?,31-,33?,34+,36-,37+,38-,39?,40+,43-,44?,45+,46?,47-/m1/s1. The third-order valence-electron chi connectivity index (χ3n) is 17.2. The molecule has 0 bridgehead atoms. The van der Waals surface area contributed by atoms with Crippen LogP contribution in [0.25, 0.3) is 10.4 Å². The Morgan fingerprint density at radius 3 is 2.25 bits per heavy atom. The second kappa shape index (κ2) is 15.4. The fraction of sp³-hybridized carbons (Fsp3) is 0.702. The smallest absolute Gasteiger partial charge is 0.317 e. The Morgan fingerprint density at radius 2 is 1.58 bits per heavy atom. The van der Waals surface area contributed by atoms with Gasteiger partial charge in [0.2, 0.25) is 0 Å². The Morgan fingerprint density at radius 1 is 0.883 bits per heavy atom. The van der Waals surface area contributed by atoms with Crippen molar-refractivity contribution in [2.45, 2.75) is 150 Å². The summed E-state index contributed by atoms with van der Waals surface area (Å²) in [6.07, 6.45) is 2.26. The number of hydrogen-bond donors (Lipinski definition) is 3. The summed E-state index contributed by atoms with van der Waals surface area (Å²) in [5.74, 6) is -0.0634. The molecule has 2 aromatic rings. The first-order valence-electron chi connectivity index (χ1n) is 21.7. The van der Waals surface area contributed by atoms with Crippen LogP contribution in [0.15, 0.2) is 42.0 Å². The van der Waals surface area contributed by atoms with Crippen LogP contribution >= 0.6 is 32.9 Å². The van der Waals surface area contributed by atoms with Crippen molar-refractivity contribution in [2.24, 2.45) is 50.2 Å². The summed E-state index contributed by atoms with van der Waals surface area (Å²) in [7, 11) is 3.22. The van der Waals surface area contributed by atoms with Gasteiger partial charge in [-0.3, -0.25) is 14.4 Å². The molecule has 1 aromatic carbocycles. The molecule has 1 saturated heterocycles. The number of ketones is 1. The zero-order chi connectivity index (χ0) is 43.4. The Kier molecular flexibility index (Phi) is 11.4. The molecule has 5 aliphatic carbocycles. The molecule has 5 fully saturated rings. The maximum Gasteiger partial charge on any atom is 0.317 e. The van der Waals surface area contributed by atoms with E-state index >= 15 is 4.79 Å². The van der Waals surface area contributed by atoms with Gasteiger partial charge in [0.25, 0.3) is 0 Å². The van der Waals surface area contributed by atoms with Crippen molar-refractivity contribution >= 4 is 50.6 Å². The predicted molar refractivity (Wildman–Crippen MR) is 232 cm³/mol. The molecule has 0 radical (unpaired) electrons. The van der Waals surface area contributed by atoms with Gasteiger partial charge in [-0.15, -0.1) is 0 Å². The van der Waals surface area contributed by atoms with Gasteiger partial charge >= 0.3 is 11.9 Å². The quantitative estimate of drug-likeness (QED) is 0.0806. The van der Waals surface area contributed by atoms with Crippen molar-refractivity contribution in [1.29, 1.82) is 0 Å². The number of fused-ring (bicyclic) bond motifs is 7. The molecule has 0 amide bonds. The number of aliphatic hydroxyl groups is 3. The van der Waals surface area contributed by atoms with Gasteiger partial charge in [0.05, 0.1) is 11.5 Å². The number of allylic oxidation sites excluding steroid dienone is 2. The zero-order valence-corrected chi connectivity index (χ0v) is 38.6. The summed E-state index contributed by atoms with van der Waals surface area (Å²) in [6, 6.07) is 9.68. The largest absolute Gasteiger partial charge is 0.463 e. The van der Waals surface area contributed by atoms with Crippen LogP contribution < -0.4 is 4.74 Å². The van der Waals surface area contributed by atoms with E-state index in [4.69, 9.17) is 31.2 Å². The van der Waals surface area contributed by atoms with Crippen molar-refractivity contribution < 1.29 is 48.7 Å². The van der Waals surface area contributed by atoms with Crippen LogP contribution in [0.4, 0.5) is 0 Å². The summed E-state index contributed by atoms with van der Waals surface area (Å²) in [5.41, 5.74) is 0.238. The van der Waals surface area contributed by atoms with Gasteiger partial charge in [0.1, 0.15) is 40.6 Å². The highest BCUT2D eigenvalue weighted by atomic mass is 32.9. The molecule has 1 aromatic heterocycles. The topological polar surface area (TPSA) is 149 Å². The average Bonchev–Trinajstić information content (AvgIpc) is 3.63. The Labute approximate surface area is 366 Å². The highest BCUT2D eigenvalue weighted by molar-refractivity contribution is 7.80. The first-order chi connectivity index (χ1) is 28.1. The maximum absolute atomic E-state index is 15.1. The number of ether oxygens (including phenoxy) is 4. The van der Waals surface area contributed by atoms with Crippen molar-refractivity contribution in [3.8, 4) is 16.2 Å². The summed E-state index contributed by atoms with van der Waals surface area (Å²) < 4.78 is 24.6. The van der Waals surface area contributed by atoms with Gasteiger partial charge in [-0.05, 0) is 146 Å². The summed E-state index contributed by atoms with van der Waals surface area (Å²) >= 11 is 5.32. The molecule has 1 aliphatic heterocycles. The molecule has 2 heterocycles. The average molecular weight is 883 g/mol. The number of carbonyl (C=O) groups is 3. The fourth-order valence-corrected chi connectivity index (χ4v) is 15.8. The Balaban J connectivity index is 1.02. The van der Waals surface area contributed by atoms with Gasteiger partial charge in [0.15, 0.2) is 12.1 Å². The van der Waals surface area contributed by atoms with Crippen molar-refractivity contribution in [1.82, 2.24) is 0 Å². The first kappa shape index (κ1) is 44.3. The lowest BCUT2D eigenvalue weighted by atomic mass is 9.33. The number of rotatable bonds is 7. The van der Waals surface area contributed by atoms with E-state index in [-0.39, 0.29) is 63.9 Å². The van der Waals surface area contributed by atoms with Crippen LogP contribution in [-0.4, -0.2) is 76.5 Å². The number of hydrogen-bond acceptors (Lipinski definition) is 13. The van der Waals surface area contributed by atoms with Crippen molar-refractivity contribution in [2.75, 3.05) is 6.61 Å². The lowest BCUT2D eigenvalue weighted by Gasteiger charge is -2.70. The molecular formula is C47H62O10S3. The van der Waals surface area contributed by atoms with E-state index in [0.717, 1.165) is 59.2 Å². The van der Waals surface area contributed by atoms with Crippen molar-refractivity contribution in [3.63, 3.8) is 0 Å². The van der Waals surface area contributed by atoms with Crippen molar-refractivity contribution in [3.05, 3.63) is 45.8 Å². The van der Waals surface area contributed by atoms with Crippen LogP contribution in [0.5, 0.6) is 5.75 Å². The summed E-state index contributed by atoms with van der Waals surface area (Å²) in [5, 5.41) is 32.3. The zero-order valence-electron chi connectivity index (χ0n) is 36.2. The molecule has 10 nitrogen and oxygen atoms in total. The monoisotopic (exact) mass is 882 g/mol. The van der Waals surface area contributed by atoms with E-state index in [2.05, 4.69) is 48.5 Å². The lowest BCUT2D eigenvalue weighted by molar-refractivity contribution is -0.329. The fourth-order valence-electron chi connectivity index (χ4n) is 13.4. The Bertz CT molecular complexity index is 2110. The number of carbonyl (C=O) groups excluding carboxylic acids is 3. The molecule has 60 heavy (non-hydrogen) atoms. The number of aliphatic hydroxyl groups excluding tert-OH is 3. The normalized spacial score (nSPS) is 43.4.